The van der Waals surface area contributed by atoms with Gasteiger partial charge in [-0.1, -0.05) is 12.1 Å². The van der Waals surface area contributed by atoms with E-state index in [0.29, 0.717) is 6.42 Å². The molecule has 0 aliphatic carbocycles. The number of aliphatic hydroxyl groups excluding tert-OH is 1. The Bertz CT molecular complexity index is 606. The van der Waals surface area contributed by atoms with Crippen molar-refractivity contribution in [3.8, 4) is 0 Å². The van der Waals surface area contributed by atoms with Gasteiger partial charge >= 0.3 is 0 Å². The molecule has 1 aromatic carbocycles. The second-order valence-corrected chi connectivity index (χ2v) is 5.59. The van der Waals surface area contributed by atoms with Crippen molar-refractivity contribution in [1.29, 1.82) is 0 Å². The summed E-state index contributed by atoms with van der Waals surface area (Å²) in [5, 5.41) is 10.4. The average molecular weight is 271 g/mol. The minimum atomic E-state index is -0.492. The Labute approximate surface area is 119 Å². The smallest absolute Gasteiger partial charge is 0.111 e. The van der Waals surface area contributed by atoms with Crippen LogP contribution in [-0.2, 0) is 19.9 Å². The van der Waals surface area contributed by atoms with Crippen LogP contribution in [-0.4, -0.2) is 28.3 Å². The third-order valence-electron chi connectivity index (χ3n) is 4.14. The average Bonchev–Trinajstić information content (AvgIpc) is 2.84. The normalized spacial score (nSPS) is 16.1. The first-order valence-corrected chi connectivity index (χ1v) is 7.13. The van der Waals surface area contributed by atoms with Crippen LogP contribution in [0.5, 0.6) is 0 Å². The Kier molecular flexibility index (Phi) is 3.49. The van der Waals surface area contributed by atoms with E-state index in [1.807, 2.05) is 23.9 Å². The Morgan fingerprint density at radius 2 is 2.20 bits per heavy atom. The van der Waals surface area contributed by atoms with Gasteiger partial charge in [0, 0.05) is 45.1 Å². The monoisotopic (exact) mass is 271 g/mol. The van der Waals surface area contributed by atoms with Gasteiger partial charge in [0.2, 0.25) is 0 Å². The molecular formula is C16H21N3O. The van der Waals surface area contributed by atoms with Crippen molar-refractivity contribution >= 4 is 5.69 Å². The standard InChI is InChI=1S/C16H21N3O/c1-18-8-3-4-12-10-13(5-6-14(12)18)15(20)11-16-17-7-9-19(16)2/h5-7,9-10,15,20H,3-4,8,11H2,1-2H3. The highest BCUT2D eigenvalue weighted by molar-refractivity contribution is 5.56. The highest BCUT2D eigenvalue weighted by Crippen LogP contribution is 2.29. The molecule has 3 rings (SSSR count). The lowest BCUT2D eigenvalue weighted by Gasteiger charge is -2.28. The van der Waals surface area contributed by atoms with E-state index < -0.39 is 6.10 Å². The van der Waals surface area contributed by atoms with Crippen LogP contribution in [0.1, 0.15) is 29.5 Å². The molecule has 2 aromatic rings. The zero-order chi connectivity index (χ0) is 14.1. The lowest BCUT2D eigenvalue weighted by atomic mass is 9.96. The Hall–Kier alpha value is -1.81. The molecule has 20 heavy (non-hydrogen) atoms. The van der Waals surface area contributed by atoms with Crippen LogP contribution in [0.3, 0.4) is 0 Å². The van der Waals surface area contributed by atoms with Gasteiger partial charge in [0.15, 0.2) is 0 Å². The Balaban J connectivity index is 1.82. The van der Waals surface area contributed by atoms with Crippen molar-refractivity contribution in [2.24, 2.45) is 7.05 Å². The molecule has 0 saturated carbocycles. The number of hydrogen-bond acceptors (Lipinski definition) is 3. The number of aromatic nitrogens is 2. The summed E-state index contributed by atoms with van der Waals surface area (Å²) in [7, 11) is 4.08. The number of rotatable bonds is 3. The van der Waals surface area contributed by atoms with E-state index in [1.165, 1.54) is 17.7 Å². The molecule has 1 N–H and O–H groups in total. The number of nitrogens with zero attached hydrogens (tertiary/aromatic N) is 3. The molecule has 0 saturated heterocycles. The predicted octanol–water partition coefficient (Wildman–Crippen LogP) is 2.08. The fraction of sp³-hybridized carbons (Fsp3) is 0.438. The second-order valence-electron chi connectivity index (χ2n) is 5.59. The summed E-state index contributed by atoms with van der Waals surface area (Å²) in [6.07, 6.45) is 6.02. The van der Waals surface area contributed by atoms with Gasteiger partial charge < -0.3 is 14.6 Å². The van der Waals surface area contributed by atoms with Gasteiger partial charge in [-0.05, 0) is 30.0 Å². The van der Waals surface area contributed by atoms with Gasteiger partial charge in [-0.2, -0.15) is 0 Å². The third-order valence-corrected chi connectivity index (χ3v) is 4.14. The summed E-state index contributed by atoms with van der Waals surface area (Å²) < 4.78 is 1.95. The van der Waals surface area contributed by atoms with E-state index in [4.69, 9.17) is 0 Å². The quantitative estimate of drug-likeness (QED) is 0.929. The minimum absolute atomic E-state index is 0.492. The zero-order valence-corrected chi connectivity index (χ0v) is 12.1. The molecule has 1 aromatic heterocycles. The van der Waals surface area contributed by atoms with Gasteiger partial charge in [-0.15, -0.1) is 0 Å². The number of anilines is 1. The SMILES string of the molecule is CN1CCCc2cc(C(O)Cc3nccn3C)ccc21. The summed E-state index contributed by atoms with van der Waals surface area (Å²) in [5.74, 6) is 0.910. The minimum Gasteiger partial charge on any atom is -0.388 e. The van der Waals surface area contributed by atoms with Crippen molar-refractivity contribution in [2.45, 2.75) is 25.4 Å². The fourth-order valence-electron chi connectivity index (χ4n) is 2.90. The van der Waals surface area contributed by atoms with Gasteiger partial charge in [0.25, 0.3) is 0 Å². The fourth-order valence-corrected chi connectivity index (χ4v) is 2.90. The Morgan fingerprint density at radius 1 is 1.35 bits per heavy atom. The first kappa shape index (κ1) is 13.2. The van der Waals surface area contributed by atoms with Crippen LogP contribution in [0, 0.1) is 0 Å². The summed E-state index contributed by atoms with van der Waals surface area (Å²) in [5.41, 5.74) is 3.63. The maximum atomic E-state index is 10.4. The number of imidazole rings is 1. The predicted molar refractivity (Wildman–Crippen MR) is 79.9 cm³/mol. The molecule has 106 valence electrons. The van der Waals surface area contributed by atoms with Crippen LogP contribution in [0.4, 0.5) is 5.69 Å². The van der Waals surface area contributed by atoms with Crippen molar-refractivity contribution in [3.05, 3.63) is 47.5 Å². The lowest BCUT2D eigenvalue weighted by Crippen LogP contribution is -2.24. The summed E-state index contributed by atoms with van der Waals surface area (Å²) in [6.45, 7) is 1.11. The van der Waals surface area contributed by atoms with Crippen molar-refractivity contribution < 1.29 is 5.11 Å². The largest absolute Gasteiger partial charge is 0.388 e. The number of aliphatic hydroxyl groups is 1. The third kappa shape index (κ3) is 2.43. The lowest BCUT2D eigenvalue weighted by molar-refractivity contribution is 0.175. The number of benzene rings is 1. The molecule has 4 heteroatoms. The maximum absolute atomic E-state index is 10.4. The van der Waals surface area contributed by atoms with E-state index in [1.54, 1.807) is 6.20 Å². The van der Waals surface area contributed by atoms with E-state index in [2.05, 4.69) is 29.1 Å². The summed E-state index contributed by atoms with van der Waals surface area (Å²) in [6, 6.07) is 6.32. The van der Waals surface area contributed by atoms with E-state index in [0.717, 1.165) is 24.4 Å². The van der Waals surface area contributed by atoms with Gasteiger partial charge in [0.1, 0.15) is 5.82 Å². The van der Waals surface area contributed by atoms with Crippen LogP contribution in [0.15, 0.2) is 30.6 Å². The van der Waals surface area contributed by atoms with E-state index in [-0.39, 0.29) is 0 Å². The van der Waals surface area contributed by atoms with Crippen LogP contribution in [0.25, 0.3) is 0 Å². The number of aryl methyl sites for hydroxylation is 2. The van der Waals surface area contributed by atoms with Crippen LogP contribution >= 0.6 is 0 Å². The number of fused-ring (bicyclic) bond motifs is 1. The van der Waals surface area contributed by atoms with Crippen molar-refractivity contribution in [2.75, 3.05) is 18.5 Å². The molecule has 0 fully saturated rings. The van der Waals surface area contributed by atoms with Gasteiger partial charge in [-0.3, -0.25) is 0 Å². The molecular weight excluding hydrogens is 250 g/mol. The maximum Gasteiger partial charge on any atom is 0.111 e. The summed E-state index contributed by atoms with van der Waals surface area (Å²) >= 11 is 0. The second kappa shape index (κ2) is 5.29. The van der Waals surface area contributed by atoms with Gasteiger partial charge in [0.05, 0.1) is 6.10 Å². The molecule has 2 heterocycles. The van der Waals surface area contributed by atoms with E-state index >= 15 is 0 Å². The molecule has 1 aliphatic heterocycles. The molecule has 0 amide bonds. The number of hydrogen-bond donors (Lipinski definition) is 1. The van der Waals surface area contributed by atoms with Crippen molar-refractivity contribution in [1.82, 2.24) is 9.55 Å². The zero-order valence-electron chi connectivity index (χ0n) is 12.1. The van der Waals surface area contributed by atoms with Crippen molar-refractivity contribution in [3.63, 3.8) is 0 Å². The highest BCUT2D eigenvalue weighted by atomic mass is 16.3. The molecule has 0 bridgehead atoms. The topological polar surface area (TPSA) is 41.3 Å². The Morgan fingerprint density at radius 3 is 2.95 bits per heavy atom. The molecule has 1 atom stereocenters. The molecule has 0 spiro atoms. The highest BCUT2D eigenvalue weighted by Gasteiger charge is 2.17. The molecule has 0 radical (unpaired) electrons. The van der Waals surface area contributed by atoms with Crippen LogP contribution < -0.4 is 4.90 Å². The molecule has 1 unspecified atom stereocenters. The summed E-state index contributed by atoms with van der Waals surface area (Å²) in [4.78, 5) is 6.56. The first-order valence-electron chi connectivity index (χ1n) is 7.13. The van der Waals surface area contributed by atoms with Crippen LogP contribution in [0.2, 0.25) is 0 Å². The van der Waals surface area contributed by atoms with E-state index in [9.17, 15) is 5.11 Å². The van der Waals surface area contributed by atoms with Gasteiger partial charge in [-0.25, -0.2) is 4.98 Å². The molecule has 4 nitrogen and oxygen atoms in total. The molecule has 1 aliphatic rings. The first-order chi connectivity index (χ1) is 9.65.